The Morgan fingerprint density at radius 3 is 2.47 bits per heavy atom. The van der Waals surface area contributed by atoms with Crippen LogP contribution in [0.1, 0.15) is 10.4 Å². The Balaban J connectivity index is 2.26. The molecule has 0 aliphatic rings. The molecule has 2 aromatic carbocycles. The fraction of sp³-hybridized carbons (Fsp3) is 0. The minimum absolute atomic E-state index is 0.114. The van der Waals surface area contributed by atoms with Gasteiger partial charge in [0.05, 0.1) is 5.56 Å². The van der Waals surface area contributed by atoms with E-state index in [0.717, 1.165) is 12.1 Å². The molecule has 0 unspecified atom stereocenters. The first-order valence-electron chi connectivity index (χ1n) is 5.30. The molecule has 0 heterocycles. The molecular formula is C13H10FNO4. The topological polar surface area (TPSA) is 89.8 Å². The molecule has 2 aromatic rings. The van der Waals surface area contributed by atoms with Gasteiger partial charge in [0.2, 0.25) is 0 Å². The summed E-state index contributed by atoms with van der Waals surface area (Å²) >= 11 is 0. The van der Waals surface area contributed by atoms with Crippen molar-refractivity contribution in [3.05, 3.63) is 47.8 Å². The molecule has 0 bridgehead atoms. The van der Waals surface area contributed by atoms with Crippen molar-refractivity contribution in [1.82, 2.24) is 0 Å². The third-order valence-electron chi connectivity index (χ3n) is 2.46. The van der Waals surface area contributed by atoms with E-state index in [2.05, 4.69) is 5.32 Å². The van der Waals surface area contributed by atoms with Gasteiger partial charge in [0.1, 0.15) is 0 Å². The van der Waals surface area contributed by atoms with Crippen molar-refractivity contribution in [3.8, 4) is 17.2 Å². The van der Waals surface area contributed by atoms with Crippen LogP contribution in [0.2, 0.25) is 0 Å². The quantitative estimate of drug-likeness (QED) is 0.494. The van der Waals surface area contributed by atoms with Crippen molar-refractivity contribution in [3.63, 3.8) is 0 Å². The highest BCUT2D eigenvalue weighted by atomic mass is 19.1. The van der Waals surface area contributed by atoms with Gasteiger partial charge in [-0.2, -0.15) is 0 Å². The van der Waals surface area contributed by atoms with Gasteiger partial charge in [-0.15, -0.1) is 0 Å². The highest BCUT2D eigenvalue weighted by molar-refractivity contribution is 6.06. The maximum absolute atomic E-state index is 13.1. The van der Waals surface area contributed by atoms with Crippen LogP contribution in [0.15, 0.2) is 36.4 Å². The SMILES string of the molecule is O=C(Nc1ccc(O)c(F)c1)c1cccc(O)c1O. The van der Waals surface area contributed by atoms with Gasteiger partial charge in [-0.3, -0.25) is 4.79 Å². The summed E-state index contributed by atoms with van der Waals surface area (Å²) in [5.41, 5.74) is -0.0310. The number of para-hydroxylation sites is 1. The summed E-state index contributed by atoms with van der Waals surface area (Å²) in [6.07, 6.45) is 0. The molecule has 5 nitrogen and oxygen atoms in total. The highest BCUT2D eigenvalue weighted by Crippen LogP contribution is 2.29. The molecule has 2 rings (SSSR count). The van der Waals surface area contributed by atoms with E-state index in [-0.39, 0.29) is 11.3 Å². The molecular weight excluding hydrogens is 253 g/mol. The zero-order valence-corrected chi connectivity index (χ0v) is 9.59. The molecule has 0 spiro atoms. The standard InChI is InChI=1S/C13H10FNO4/c14-9-6-7(4-5-10(9)16)15-13(19)8-2-1-3-11(17)12(8)18/h1-6,16-18H,(H,15,19). The van der Waals surface area contributed by atoms with Crippen LogP contribution in [0.4, 0.5) is 10.1 Å². The lowest BCUT2D eigenvalue weighted by Gasteiger charge is -2.08. The van der Waals surface area contributed by atoms with E-state index < -0.39 is 29.0 Å². The zero-order chi connectivity index (χ0) is 14.0. The average Bonchev–Trinajstić information content (AvgIpc) is 2.37. The third-order valence-corrected chi connectivity index (χ3v) is 2.46. The summed E-state index contributed by atoms with van der Waals surface area (Å²) < 4.78 is 13.1. The van der Waals surface area contributed by atoms with Gasteiger partial charge < -0.3 is 20.6 Å². The largest absolute Gasteiger partial charge is 0.505 e. The average molecular weight is 263 g/mol. The van der Waals surface area contributed by atoms with Crippen molar-refractivity contribution in [2.24, 2.45) is 0 Å². The number of carbonyl (C=O) groups is 1. The van der Waals surface area contributed by atoms with E-state index in [1.54, 1.807) is 0 Å². The molecule has 0 radical (unpaired) electrons. The van der Waals surface area contributed by atoms with Crippen LogP contribution in [0.25, 0.3) is 0 Å². The van der Waals surface area contributed by atoms with E-state index in [4.69, 9.17) is 5.11 Å². The summed E-state index contributed by atoms with van der Waals surface area (Å²) in [6.45, 7) is 0. The summed E-state index contributed by atoms with van der Waals surface area (Å²) in [4.78, 5) is 11.8. The number of phenols is 3. The number of amides is 1. The number of anilines is 1. The fourth-order valence-electron chi connectivity index (χ4n) is 1.50. The molecule has 0 aliphatic carbocycles. The summed E-state index contributed by atoms with van der Waals surface area (Å²) in [5.74, 6) is -3.10. The van der Waals surface area contributed by atoms with Gasteiger partial charge in [-0.25, -0.2) is 4.39 Å². The summed E-state index contributed by atoms with van der Waals surface area (Å²) in [7, 11) is 0. The van der Waals surface area contributed by atoms with Crippen LogP contribution in [-0.4, -0.2) is 21.2 Å². The molecule has 0 fully saturated rings. The van der Waals surface area contributed by atoms with Crippen LogP contribution in [0.3, 0.4) is 0 Å². The Morgan fingerprint density at radius 2 is 1.79 bits per heavy atom. The first kappa shape index (κ1) is 12.7. The number of hydrogen-bond acceptors (Lipinski definition) is 4. The van der Waals surface area contributed by atoms with Crippen molar-refractivity contribution < 1.29 is 24.5 Å². The lowest BCUT2D eigenvalue weighted by atomic mass is 10.1. The number of benzene rings is 2. The number of rotatable bonds is 2. The highest BCUT2D eigenvalue weighted by Gasteiger charge is 2.14. The van der Waals surface area contributed by atoms with E-state index in [1.165, 1.54) is 24.3 Å². The van der Waals surface area contributed by atoms with Crippen molar-refractivity contribution in [2.75, 3.05) is 5.32 Å². The predicted molar refractivity (Wildman–Crippen MR) is 65.8 cm³/mol. The van der Waals surface area contributed by atoms with Crippen LogP contribution in [0.5, 0.6) is 17.2 Å². The Hall–Kier alpha value is -2.76. The molecule has 0 saturated carbocycles. The van der Waals surface area contributed by atoms with Crippen LogP contribution in [-0.2, 0) is 0 Å². The molecule has 98 valence electrons. The Kier molecular flexibility index (Phi) is 3.24. The van der Waals surface area contributed by atoms with Gasteiger partial charge >= 0.3 is 0 Å². The van der Waals surface area contributed by atoms with Gasteiger partial charge in [0.15, 0.2) is 23.1 Å². The lowest BCUT2D eigenvalue weighted by Crippen LogP contribution is -2.12. The Labute approximate surface area is 107 Å². The van der Waals surface area contributed by atoms with Crippen molar-refractivity contribution in [2.45, 2.75) is 0 Å². The van der Waals surface area contributed by atoms with E-state index >= 15 is 0 Å². The number of phenolic OH excluding ortho intramolecular Hbond substituents is 3. The van der Waals surface area contributed by atoms with Crippen LogP contribution >= 0.6 is 0 Å². The molecule has 1 amide bonds. The molecule has 0 aromatic heterocycles. The second-order valence-corrected chi connectivity index (χ2v) is 3.79. The fourth-order valence-corrected chi connectivity index (χ4v) is 1.50. The van der Waals surface area contributed by atoms with Gasteiger partial charge in [0, 0.05) is 11.8 Å². The van der Waals surface area contributed by atoms with Crippen molar-refractivity contribution in [1.29, 1.82) is 0 Å². The number of carbonyl (C=O) groups excluding carboxylic acids is 1. The molecule has 0 saturated heterocycles. The van der Waals surface area contributed by atoms with E-state index in [0.29, 0.717) is 0 Å². The monoisotopic (exact) mass is 263 g/mol. The molecule has 6 heteroatoms. The van der Waals surface area contributed by atoms with Gasteiger partial charge in [-0.1, -0.05) is 6.07 Å². The first-order chi connectivity index (χ1) is 8.99. The Bertz CT molecular complexity index is 643. The Morgan fingerprint density at radius 1 is 1.05 bits per heavy atom. The van der Waals surface area contributed by atoms with E-state index in [9.17, 15) is 19.4 Å². The third kappa shape index (κ3) is 2.57. The molecule has 0 aliphatic heterocycles. The predicted octanol–water partition coefficient (Wildman–Crippen LogP) is 2.19. The number of aromatic hydroxyl groups is 3. The molecule has 0 atom stereocenters. The number of hydrogen-bond donors (Lipinski definition) is 4. The lowest BCUT2D eigenvalue weighted by molar-refractivity contribution is 0.102. The van der Waals surface area contributed by atoms with Gasteiger partial charge in [0.25, 0.3) is 5.91 Å². The first-order valence-corrected chi connectivity index (χ1v) is 5.30. The maximum atomic E-state index is 13.1. The molecule has 4 N–H and O–H groups in total. The number of halogens is 1. The van der Waals surface area contributed by atoms with Crippen LogP contribution in [0, 0.1) is 5.82 Å². The minimum Gasteiger partial charge on any atom is -0.505 e. The second kappa shape index (κ2) is 4.85. The summed E-state index contributed by atoms with van der Waals surface area (Å²) in [6, 6.07) is 7.26. The van der Waals surface area contributed by atoms with Crippen molar-refractivity contribution >= 4 is 11.6 Å². The smallest absolute Gasteiger partial charge is 0.259 e. The number of nitrogens with one attached hydrogen (secondary N) is 1. The minimum atomic E-state index is -0.877. The normalized spacial score (nSPS) is 10.2. The second-order valence-electron chi connectivity index (χ2n) is 3.79. The molecule has 19 heavy (non-hydrogen) atoms. The zero-order valence-electron chi connectivity index (χ0n) is 9.59. The van der Waals surface area contributed by atoms with Gasteiger partial charge in [-0.05, 0) is 24.3 Å². The van der Waals surface area contributed by atoms with Crippen LogP contribution < -0.4 is 5.32 Å². The van der Waals surface area contributed by atoms with E-state index in [1.807, 2.05) is 0 Å². The maximum Gasteiger partial charge on any atom is 0.259 e. The summed E-state index contributed by atoms with van der Waals surface area (Å²) in [5, 5.41) is 30.1.